The lowest BCUT2D eigenvalue weighted by molar-refractivity contribution is 0.0303. The van der Waals surface area contributed by atoms with E-state index in [9.17, 15) is 5.11 Å². The third-order valence-electron chi connectivity index (χ3n) is 4.53. The highest BCUT2D eigenvalue weighted by Crippen LogP contribution is 2.41. The molecule has 0 radical (unpaired) electrons. The Labute approximate surface area is 132 Å². The van der Waals surface area contributed by atoms with Crippen molar-refractivity contribution in [1.82, 2.24) is 0 Å². The second-order valence-electron chi connectivity index (χ2n) is 5.83. The molecule has 0 amide bonds. The molecule has 0 spiro atoms. The van der Waals surface area contributed by atoms with Gasteiger partial charge in [0.1, 0.15) is 11.4 Å². The van der Waals surface area contributed by atoms with E-state index < -0.39 is 5.60 Å². The highest BCUT2D eigenvalue weighted by atomic mass is 16.5. The molecular weight excluding hydrogens is 272 g/mol. The summed E-state index contributed by atoms with van der Waals surface area (Å²) in [5.74, 6) is 0.899. The van der Waals surface area contributed by atoms with Gasteiger partial charge in [0, 0.05) is 5.92 Å². The zero-order chi connectivity index (χ0) is 15.4. The maximum atomic E-state index is 11.7. The molecule has 1 N–H and O–H groups in total. The summed E-state index contributed by atoms with van der Waals surface area (Å²) < 4.78 is 5.24. The third-order valence-corrected chi connectivity index (χ3v) is 4.53. The Kier molecular flexibility index (Phi) is 4.30. The average molecular weight is 294 g/mol. The summed E-state index contributed by atoms with van der Waals surface area (Å²) >= 11 is 0. The van der Waals surface area contributed by atoms with Crippen molar-refractivity contribution in [2.24, 2.45) is 5.92 Å². The van der Waals surface area contributed by atoms with Crippen LogP contribution in [0.1, 0.15) is 30.4 Å². The minimum Gasteiger partial charge on any atom is -0.497 e. The molecule has 2 aromatic carbocycles. The summed E-state index contributed by atoms with van der Waals surface area (Å²) in [5.41, 5.74) is 0.859. The van der Waals surface area contributed by atoms with Crippen molar-refractivity contribution in [2.75, 3.05) is 7.11 Å². The number of aliphatic hydroxyl groups is 1. The van der Waals surface area contributed by atoms with Crippen molar-refractivity contribution in [1.29, 1.82) is 0 Å². The first kappa shape index (κ1) is 14.9. The molecule has 114 valence electrons. The first-order chi connectivity index (χ1) is 10.7. The SMILES string of the molecule is COc1ccc(C(O)(c2ccccc2)C2C=CCCC2)cc1. The van der Waals surface area contributed by atoms with Crippen LogP contribution in [-0.2, 0) is 5.60 Å². The predicted octanol–water partition coefficient (Wildman–Crippen LogP) is 4.29. The zero-order valence-corrected chi connectivity index (χ0v) is 12.9. The predicted molar refractivity (Wildman–Crippen MR) is 88.9 cm³/mol. The van der Waals surface area contributed by atoms with Crippen LogP contribution in [0.5, 0.6) is 5.75 Å². The molecule has 2 aromatic rings. The Hall–Kier alpha value is -2.06. The summed E-state index contributed by atoms with van der Waals surface area (Å²) in [4.78, 5) is 0. The van der Waals surface area contributed by atoms with Crippen molar-refractivity contribution in [3.05, 3.63) is 77.9 Å². The topological polar surface area (TPSA) is 29.5 Å². The third kappa shape index (κ3) is 2.67. The van der Waals surface area contributed by atoms with E-state index in [0.29, 0.717) is 0 Å². The van der Waals surface area contributed by atoms with Crippen molar-refractivity contribution >= 4 is 0 Å². The quantitative estimate of drug-likeness (QED) is 0.853. The highest BCUT2D eigenvalue weighted by Gasteiger charge is 2.39. The highest BCUT2D eigenvalue weighted by molar-refractivity contribution is 5.40. The lowest BCUT2D eigenvalue weighted by atomic mass is 9.72. The molecule has 0 bridgehead atoms. The number of benzene rings is 2. The van der Waals surface area contributed by atoms with Crippen molar-refractivity contribution in [2.45, 2.75) is 24.9 Å². The summed E-state index contributed by atoms with van der Waals surface area (Å²) in [7, 11) is 1.66. The van der Waals surface area contributed by atoms with Gasteiger partial charge >= 0.3 is 0 Å². The molecule has 2 unspecified atom stereocenters. The summed E-state index contributed by atoms with van der Waals surface area (Å²) in [6.45, 7) is 0. The van der Waals surface area contributed by atoms with E-state index in [0.717, 1.165) is 36.1 Å². The fourth-order valence-electron chi connectivity index (χ4n) is 3.29. The molecule has 1 aliphatic carbocycles. The standard InChI is InChI=1S/C20H22O2/c1-22-19-14-12-18(13-15-19)20(21,16-8-4-2-5-9-16)17-10-6-3-7-11-17/h2,4-6,8-10,12-15,17,21H,3,7,11H2,1H3. The van der Waals surface area contributed by atoms with E-state index >= 15 is 0 Å². The first-order valence-electron chi connectivity index (χ1n) is 7.84. The van der Waals surface area contributed by atoms with Gasteiger partial charge in [-0.25, -0.2) is 0 Å². The Bertz CT molecular complexity index is 631. The van der Waals surface area contributed by atoms with Crippen molar-refractivity contribution < 1.29 is 9.84 Å². The molecule has 2 nitrogen and oxygen atoms in total. The van der Waals surface area contributed by atoms with Gasteiger partial charge in [0.25, 0.3) is 0 Å². The second-order valence-corrected chi connectivity index (χ2v) is 5.83. The summed E-state index contributed by atoms with van der Waals surface area (Å²) in [6, 6.07) is 17.7. The van der Waals surface area contributed by atoms with E-state index in [2.05, 4.69) is 12.2 Å². The smallest absolute Gasteiger partial charge is 0.121 e. The minimum absolute atomic E-state index is 0.0945. The van der Waals surface area contributed by atoms with Gasteiger partial charge < -0.3 is 9.84 Å². The molecule has 0 saturated heterocycles. The van der Waals surface area contributed by atoms with Gasteiger partial charge in [0.15, 0.2) is 0 Å². The van der Waals surface area contributed by atoms with Gasteiger partial charge in [-0.05, 0) is 42.5 Å². The van der Waals surface area contributed by atoms with Crippen LogP contribution in [0.25, 0.3) is 0 Å². The number of allylic oxidation sites excluding steroid dienone is 1. The summed E-state index contributed by atoms with van der Waals surface area (Å²) in [5, 5.41) is 11.7. The van der Waals surface area contributed by atoms with E-state index in [1.165, 1.54) is 0 Å². The first-order valence-corrected chi connectivity index (χ1v) is 7.84. The molecule has 0 aliphatic heterocycles. The Morgan fingerprint density at radius 3 is 2.27 bits per heavy atom. The number of rotatable bonds is 4. The van der Waals surface area contributed by atoms with Crippen LogP contribution in [-0.4, -0.2) is 12.2 Å². The number of ether oxygens (including phenoxy) is 1. The minimum atomic E-state index is -0.996. The van der Waals surface area contributed by atoms with E-state index in [1.807, 2.05) is 54.6 Å². The zero-order valence-electron chi connectivity index (χ0n) is 12.9. The Morgan fingerprint density at radius 2 is 1.68 bits per heavy atom. The number of hydrogen-bond donors (Lipinski definition) is 1. The Morgan fingerprint density at radius 1 is 1.00 bits per heavy atom. The van der Waals surface area contributed by atoms with Crippen LogP contribution in [0.3, 0.4) is 0 Å². The molecule has 2 atom stereocenters. The van der Waals surface area contributed by atoms with Crippen LogP contribution in [0.15, 0.2) is 66.7 Å². The van der Waals surface area contributed by atoms with Gasteiger partial charge in [0.2, 0.25) is 0 Å². The monoisotopic (exact) mass is 294 g/mol. The number of hydrogen-bond acceptors (Lipinski definition) is 2. The normalized spacial score (nSPS) is 20.4. The van der Waals surface area contributed by atoms with Crippen molar-refractivity contribution in [3.63, 3.8) is 0 Å². The van der Waals surface area contributed by atoms with Crippen LogP contribution in [0.4, 0.5) is 0 Å². The lowest BCUT2D eigenvalue weighted by Gasteiger charge is -2.37. The van der Waals surface area contributed by atoms with Crippen LogP contribution < -0.4 is 4.74 Å². The molecule has 1 aliphatic rings. The molecule has 3 rings (SSSR count). The van der Waals surface area contributed by atoms with E-state index in [1.54, 1.807) is 7.11 Å². The van der Waals surface area contributed by atoms with Crippen LogP contribution >= 0.6 is 0 Å². The Balaban J connectivity index is 2.09. The molecule has 22 heavy (non-hydrogen) atoms. The van der Waals surface area contributed by atoms with Gasteiger partial charge in [-0.1, -0.05) is 54.6 Å². The van der Waals surface area contributed by atoms with Gasteiger partial charge in [0.05, 0.1) is 7.11 Å². The molecule has 2 heteroatoms. The van der Waals surface area contributed by atoms with Gasteiger partial charge in [-0.2, -0.15) is 0 Å². The molecular formula is C20H22O2. The summed E-state index contributed by atoms with van der Waals surface area (Å²) in [6.07, 6.45) is 7.57. The van der Waals surface area contributed by atoms with Crippen LogP contribution in [0, 0.1) is 5.92 Å². The van der Waals surface area contributed by atoms with Gasteiger partial charge in [-0.3, -0.25) is 0 Å². The molecule has 0 aromatic heterocycles. The molecule has 0 heterocycles. The van der Waals surface area contributed by atoms with E-state index in [4.69, 9.17) is 4.74 Å². The van der Waals surface area contributed by atoms with Crippen LogP contribution in [0.2, 0.25) is 0 Å². The maximum Gasteiger partial charge on any atom is 0.121 e. The van der Waals surface area contributed by atoms with Crippen molar-refractivity contribution in [3.8, 4) is 5.75 Å². The number of methoxy groups -OCH3 is 1. The second kappa shape index (κ2) is 6.37. The average Bonchev–Trinajstić information content (AvgIpc) is 2.62. The van der Waals surface area contributed by atoms with E-state index in [-0.39, 0.29) is 5.92 Å². The lowest BCUT2D eigenvalue weighted by Crippen LogP contribution is -2.36. The largest absolute Gasteiger partial charge is 0.497 e. The fourth-order valence-corrected chi connectivity index (χ4v) is 3.29. The fraction of sp³-hybridized carbons (Fsp3) is 0.300. The molecule has 0 fully saturated rings. The van der Waals surface area contributed by atoms with Gasteiger partial charge in [-0.15, -0.1) is 0 Å². The molecule has 0 saturated carbocycles. The maximum absolute atomic E-state index is 11.7.